The molecule has 0 spiro atoms. The van der Waals surface area contributed by atoms with Crippen molar-refractivity contribution >= 4 is 22.7 Å². The number of para-hydroxylation sites is 1. The highest BCUT2D eigenvalue weighted by molar-refractivity contribution is 6.09. The highest BCUT2D eigenvalue weighted by Crippen LogP contribution is 2.21. The molecular formula is C19H17FN2O2. The lowest BCUT2D eigenvalue weighted by Gasteiger charge is -2.05. The van der Waals surface area contributed by atoms with Crippen molar-refractivity contribution in [2.45, 2.75) is 13.3 Å². The van der Waals surface area contributed by atoms with Crippen molar-refractivity contribution in [1.82, 2.24) is 9.88 Å². The Morgan fingerprint density at radius 2 is 1.79 bits per heavy atom. The largest absolute Gasteiger partial charge is 0.352 e. The molecule has 5 heteroatoms. The number of carbonyl (C=O) groups is 2. The maximum atomic E-state index is 13.6. The predicted octanol–water partition coefficient (Wildman–Crippen LogP) is 3.41. The van der Waals surface area contributed by atoms with Crippen molar-refractivity contribution in [2.75, 3.05) is 6.54 Å². The summed E-state index contributed by atoms with van der Waals surface area (Å²) in [5.41, 5.74) is 1.70. The molecule has 1 aromatic heterocycles. The monoisotopic (exact) mass is 324 g/mol. The fourth-order valence-electron chi connectivity index (χ4n) is 2.73. The summed E-state index contributed by atoms with van der Waals surface area (Å²) in [7, 11) is 0. The molecule has 0 aliphatic rings. The third kappa shape index (κ3) is 3.06. The van der Waals surface area contributed by atoms with E-state index < -0.39 is 0 Å². The van der Waals surface area contributed by atoms with Gasteiger partial charge in [0.15, 0.2) is 0 Å². The van der Waals surface area contributed by atoms with Crippen molar-refractivity contribution in [3.05, 3.63) is 71.7 Å². The topological polar surface area (TPSA) is 51.1 Å². The van der Waals surface area contributed by atoms with Crippen molar-refractivity contribution < 1.29 is 14.0 Å². The van der Waals surface area contributed by atoms with Gasteiger partial charge in [0.2, 0.25) is 5.91 Å². The van der Waals surface area contributed by atoms with E-state index in [0.29, 0.717) is 29.6 Å². The Morgan fingerprint density at radius 3 is 2.54 bits per heavy atom. The van der Waals surface area contributed by atoms with Crippen LogP contribution in [0.5, 0.6) is 0 Å². The minimum atomic E-state index is -0.278. The average molecular weight is 324 g/mol. The molecule has 0 bridgehead atoms. The molecule has 0 atom stereocenters. The molecule has 2 aromatic carbocycles. The minimum absolute atomic E-state index is 0.156. The lowest BCUT2D eigenvalue weighted by Crippen LogP contribution is -2.25. The van der Waals surface area contributed by atoms with Crippen molar-refractivity contribution in [3.8, 4) is 0 Å². The molecule has 0 aliphatic heterocycles. The van der Waals surface area contributed by atoms with Gasteiger partial charge in [0.25, 0.3) is 5.91 Å². The molecule has 24 heavy (non-hydrogen) atoms. The van der Waals surface area contributed by atoms with Crippen LogP contribution in [0.15, 0.2) is 54.7 Å². The highest BCUT2D eigenvalue weighted by Gasteiger charge is 2.16. The Balaban J connectivity index is 1.77. The first-order valence-electron chi connectivity index (χ1n) is 7.70. The maximum Gasteiger partial charge on any atom is 0.253 e. The Hall–Kier alpha value is -2.95. The fraction of sp³-hybridized carbons (Fsp3) is 0.158. The number of rotatable bonds is 4. The second kappa shape index (κ2) is 6.66. The van der Waals surface area contributed by atoms with E-state index in [1.165, 1.54) is 17.6 Å². The highest BCUT2D eigenvalue weighted by atomic mass is 19.1. The summed E-state index contributed by atoms with van der Waals surface area (Å²) in [6.45, 7) is 1.77. The molecule has 3 rings (SSSR count). The van der Waals surface area contributed by atoms with Crippen LogP contribution in [0.2, 0.25) is 0 Å². The number of halogens is 1. The van der Waals surface area contributed by atoms with Gasteiger partial charge >= 0.3 is 0 Å². The molecule has 0 radical (unpaired) electrons. The number of benzene rings is 2. The summed E-state index contributed by atoms with van der Waals surface area (Å²) < 4.78 is 15.0. The molecule has 0 saturated carbocycles. The van der Waals surface area contributed by atoms with E-state index in [4.69, 9.17) is 0 Å². The summed E-state index contributed by atoms with van der Waals surface area (Å²) in [6, 6.07) is 13.7. The van der Waals surface area contributed by atoms with Crippen LogP contribution in [-0.4, -0.2) is 22.9 Å². The number of carbonyl (C=O) groups excluding carboxylic acids is 2. The molecule has 1 N–H and O–H groups in total. The first kappa shape index (κ1) is 15.9. The van der Waals surface area contributed by atoms with Gasteiger partial charge in [0.05, 0.1) is 11.1 Å². The lowest BCUT2D eigenvalue weighted by molar-refractivity contribution is 0.0941. The minimum Gasteiger partial charge on any atom is -0.352 e. The van der Waals surface area contributed by atoms with E-state index in [9.17, 15) is 14.0 Å². The number of fused-ring (bicyclic) bond motifs is 1. The quantitative estimate of drug-likeness (QED) is 0.799. The van der Waals surface area contributed by atoms with Crippen LogP contribution in [0.3, 0.4) is 0 Å². The first-order valence-corrected chi connectivity index (χ1v) is 7.70. The maximum absolute atomic E-state index is 13.6. The molecule has 0 unspecified atom stereocenters. The molecule has 0 aliphatic carbocycles. The standard InChI is InChI=1S/C19H17FN2O2/c1-13(23)22-12-16(15-7-3-5-9-18(15)22)19(24)21-11-10-14-6-2-4-8-17(14)20/h2-9,12H,10-11H2,1H3,(H,21,24). The fourth-order valence-corrected chi connectivity index (χ4v) is 2.73. The van der Waals surface area contributed by atoms with Gasteiger partial charge in [-0.2, -0.15) is 0 Å². The molecule has 0 saturated heterocycles. The third-order valence-corrected chi connectivity index (χ3v) is 3.93. The van der Waals surface area contributed by atoms with Crippen molar-refractivity contribution in [1.29, 1.82) is 0 Å². The summed E-state index contributed by atoms with van der Waals surface area (Å²) in [5, 5.41) is 3.51. The van der Waals surface area contributed by atoms with Gasteiger partial charge in [0, 0.05) is 25.1 Å². The Kier molecular flexibility index (Phi) is 4.42. The third-order valence-electron chi connectivity index (χ3n) is 3.93. The Bertz CT molecular complexity index is 915. The van der Waals surface area contributed by atoms with Gasteiger partial charge in [-0.25, -0.2) is 4.39 Å². The van der Waals surface area contributed by atoms with Crippen LogP contribution in [0.4, 0.5) is 4.39 Å². The van der Waals surface area contributed by atoms with E-state index in [1.807, 2.05) is 12.1 Å². The van der Waals surface area contributed by atoms with E-state index in [1.54, 1.807) is 36.5 Å². The summed E-state index contributed by atoms with van der Waals surface area (Å²) in [6.07, 6.45) is 1.95. The first-order chi connectivity index (χ1) is 11.6. The summed E-state index contributed by atoms with van der Waals surface area (Å²) >= 11 is 0. The molecule has 1 heterocycles. The van der Waals surface area contributed by atoms with E-state index >= 15 is 0 Å². The smallest absolute Gasteiger partial charge is 0.253 e. The SMILES string of the molecule is CC(=O)n1cc(C(=O)NCCc2ccccc2F)c2ccccc21. The zero-order valence-electron chi connectivity index (χ0n) is 13.3. The number of hydrogen-bond acceptors (Lipinski definition) is 2. The van der Waals surface area contributed by atoms with Crippen molar-refractivity contribution in [3.63, 3.8) is 0 Å². The van der Waals surface area contributed by atoms with Crippen LogP contribution in [0.1, 0.15) is 27.6 Å². The number of amides is 1. The van der Waals surface area contributed by atoms with Gasteiger partial charge in [-0.3, -0.25) is 14.2 Å². The van der Waals surface area contributed by atoms with Gasteiger partial charge in [0.1, 0.15) is 5.82 Å². The number of nitrogens with one attached hydrogen (secondary N) is 1. The molecule has 1 amide bonds. The normalized spacial score (nSPS) is 10.8. The zero-order valence-corrected chi connectivity index (χ0v) is 13.3. The average Bonchev–Trinajstić information content (AvgIpc) is 2.96. The van der Waals surface area contributed by atoms with Gasteiger partial charge in [-0.05, 0) is 24.1 Å². The number of nitrogens with zero attached hydrogens (tertiary/aromatic N) is 1. The van der Waals surface area contributed by atoms with E-state index in [2.05, 4.69) is 5.32 Å². The van der Waals surface area contributed by atoms with Crippen molar-refractivity contribution in [2.24, 2.45) is 0 Å². The summed E-state index contributed by atoms with van der Waals surface area (Å²) in [5.74, 6) is -0.709. The molecule has 4 nitrogen and oxygen atoms in total. The van der Waals surface area contributed by atoms with E-state index in [0.717, 1.165) is 5.39 Å². The summed E-state index contributed by atoms with van der Waals surface area (Å²) in [4.78, 5) is 24.2. The number of aromatic nitrogens is 1. The second-order valence-corrected chi connectivity index (χ2v) is 5.55. The van der Waals surface area contributed by atoms with Crippen LogP contribution in [-0.2, 0) is 6.42 Å². The lowest BCUT2D eigenvalue weighted by atomic mass is 10.1. The second-order valence-electron chi connectivity index (χ2n) is 5.55. The van der Waals surface area contributed by atoms with Crippen LogP contribution < -0.4 is 5.32 Å². The Morgan fingerprint density at radius 1 is 1.08 bits per heavy atom. The van der Waals surface area contributed by atoms with Gasteiger partial charge < -0.3 is 5.32 Å². The van der Waals surface area contributed by atoms with Crippen LogP contribution >= 0.6 is 0 Å². The molecule has 0 fully saturated rings. The molecule has 3 aromatic rings. The predicted molar refractivity (Wildman–Crippen MR) is 90.7 cm³/mol. The Labute approximate surface area is 138 Å². The van der Waals surface area contributed by atoms with Gasteiger partial charge in [-0.1, -0.05) is 36.4 Å². The van der Waals surface area contributed by atoms with Gasteiger partial charge in [-0.15, -0.1) is 0 Å². The van der Waals surface area contributed by atoms with Crippen LogP contribution in [0, 0.1) is 5.82 Å². The van der Waals surface area contributed by atoms with E-state index in [-0.39, 0.29) is 17.6 Å². The van der Waals surface area contributed by atoms with Crippen LogP contribution in [0.25, 0.3) is 10.9 Å². The zero-order chi connectivity index (χ0) is 17.1. The molecule has 122 valence electrons. The molecular weight excluding hydrogens is 307 g/mol. The number of hydrogen-bond donors (Lipinski definition) is 1.